The normalized spacial score (nSPS) is 20.4. The van der Waals surface area contributed by atoms with E-state index in [1.165, 1.54) is 23.3 Å². The highest BCUT2D eigenvalue weighted by molar-refractivity contribution is 7.99. The number of benzene rings is 2. The predicted octanol–water partition coefficient (Wildman–Crippen LogP) is 6.50. The summed E-state index contributed by atoms with van der Waals surface area (Å²) in [5.74, 6) is 0.796. The molecule has 1 N–H and O–H groups in total. The summed E-state index contributed by atoms with van der Waals surface area (Å²) < 4.78 is 0. The number of carbonyl (C=O) groups excluding carboxylic acids is 1. The zero-order chi connectivity index (χ0) is 19.2. The molecule has 3 unspecified atom stereocenters. The van der Waals surface area contributed by atoms with Gasteiger partial charge in [0.15, 0.2) is 5.78 Å². The van der Waals surface area contributed by atoms with E-state index in [4.69, 9.17) is 0 Å². The second-order valence-corrected chi connectivity index (χ2v) is 9.56. The molecule has 0 heterocycles. The van der Waals surface area contributed by atoms with Crippen molar-refractivity contribution in [3.63, 3.8) is 0 Å². The van der Waals surface area contributed by atoms with Crippen molar-refractivity contribution < 1.29 is 4.79 Å². The maximum absolute atomic E-state index is 12.8. The Morgan fingerprint density at radius 3 is 2.32 bits per heavy atom. The summed E-state index contributed by atoms with van der Waals surface area (Å²) in [5.41, 5.74) is 2.24. The minimum atomic E-state index is -0.145. The van der Waals surface area contributed by atoms with Crippen LogP contribution in [0.25, 0.3) is 0 Å². The van der Waals surface area contributed by atoms with Gasteiger partial charge in [0.2, 0.25) is 0 Å². The molecule has 0 spiro atoms. The molecule has 28 heavy (non-hydrogen) atoms. The Morgan fingerprint density at radius 1 is 1.00 bits per heavy atom. The van der Waals surface area contributed by atoms with E-state index in [-0.39, 0.29) is 24.2 Å². The topological polar surface area (TPSA) is 29.1 Å². The summed E-state index contributed by atoms with van der Waals surface area (Å²) in [4.78, 5) is 14.1. The zero-order valence-electron chi connectivity index (χ0n) is 17.1. The van der Waals surface area contributed by atoms with Crippen LogP contribution >= 0.6 is 24.2 Å². The van der Waals surface area contributed by atoms with Crippen molar-refractivity contribution >= 4 is 30.0 Å². The molecule has 152 valence electrons. The van der Waals surface area contributed by atoms with E-state index in [0.29, 0.717) is 17.2 Å². The number of carbonyl (C=O) groups is 1. The summed E-state index contributed by atoms with van der Waals surface area (Å²) >= 11 is 1.83. The van der Waals surface area contributed by atoms with Gasteiger partial charge in [-0.15, -0.1) is 24.2 Å². The van der Waals surface area contributed by atoms with E-state index in [2.05, 4.69) is 61.6 Å². The van der Waals surface area contributed by atoms with Crippen molar-refractivity contribution in [3.8, 4) is 0 Å². The number of nitrogens with one attached hydrogen (secondary N) is 1. The third kappa shape index (κ3) is 6.37. The molecule has 2 nitrogen and oxygen atoms in total. The number of hydrogen-bond acceptors (Lipinski definition) is 3. The quantitative estimate of drug-likeness (QED) is 0.412. The molecule has 1 saturated carbocycles. The Morgan fingerprint density at radius 2 is 1.68 bits per heavy atom. The van der Waals surface area contributed by atoms with Crippen LogP contribution in [0.2, 0.25) is 0 Å². The number of thioether (sulfide) groups is 1. The van der Waals surface area contributed by atoms with Gasteiger partial charge in [0, 0.05) is 21.8 Å². The van der Waals surface area contributed by atoms with Gasteiger partial charge < -0.3 is 5.32 Å². The number of halogens is 1. The maximum atomic E-state index is 12.8. The Balaban J connectivity index is 0.00000280. The molecule has 0 saturated heterocycles. The van der Waals surface area contributed by atoms with Gasteiger partial charge in [0.05, 0.1) is 6.04 Å². The standard InChI is InChI=1S/C24H31NOS.ClH/c1-17(2)27-23-14-12-20(13-15-23)24(26)18(3)25-22-11-7-10-21(16-22)19-8-5-4-6-9-19;/h4-6,8-9,12-15,17-18,21-22,25H,7,10-11,16H2,1-3H3;1H. The average Bonchev–Trinajstić information content (AvgIpc) is 2.68. The van der Waals surface area contributed by atoms with Crippen molar-refractivity contribution in [2.45, 2.75) is 74.6 Å². The molecule has 0 radical (unpaired) electrons. The Labute approximate surface area is 180 Å². The fraction of sp³-hybridized carbons (Fsp3) is 0.458. The lowest BCUT2D eigenvalue weighted by atomic mass is 9.81. The van der Waals surface area contributed by atoms with Crippen molar-refractivity contribution in [3.05, 3.63) is 65.7 Å². The third-order valence-corrected chi connectivity index (χ3v) is 6.35. The van der Waals surface area contributed by atoms with Gasteiger partial charge in [-0.25, -0.2) is 0 Å². The van der Waals surface area contributed by atoms with E-state index in [1.807, 2.05) is 30.8 Å². The molecular weight excluding hydrogens is 386 g/mol. The number of hydrogen-bond donors (Lipinski definition) is 1. The molecule has 0 bridgehead atoms. The lowest BCUT2D eigenvalue weighted by Crippen LogP contribution is -2.43. The molecule has 1 fully saturated rings. The molecule has 4 heteroatoms. The monoisotopic (exact) mass is 417 g/mol. The smallest absolute Gasteiger partial charge is 0.179 e. The van der Waals surface area contributed by atoms with Gasteiger partial charge in [-0.3, -0.25) is 4.79 Å². The fourth-order valence-electron chi connectivity index (χ4n) is 4.02. The molecule has 1 aliphatic rings. The van der Waals surface area contributed by atoms with Crippen LogP contribution in [0.5, 0.6) is 0 Å². The summed E-state index contributed by atoms with van der Waals surface area (Å²) in [6.07, 6.45) is 4.75. The summed E-state index contributed by atoms with van der Waals surface area (Å²) in [6, 6.07) is 19.1. The van der Waals surface area contributed by atoms with Crippen LogP contribution < -0.4 is 5.32 Å². The Hall–Kier alpha value is -1.29. The minimum Gasteiger partial charge on any atom is -0.305 e. The third-order valence-electron chi connectivity index (χ3n) is 5.33. The number of rotatable bonds is 7. The molecule has 0 aliphatic heterocycles. The van der Waals surface area contributed by atoms with Crippen LogP contribution in [0.1, 0.15) is 68.3 Å². The first-order valence-corrected chi connectivity index (χ1v) is 11.0. The van der Waals surface area contributed by atoms with Crippen LogP contribution in [0.4, 0.5) is 0 Å². The van der Waals surface area contributed by atoms with Crippen LogP contribution in [0.15, 0.2) is 59.5 Å². The predicted molar refractivity (Wildman–Crippen MR) is 123 cm³/mol. The molecule has 0 aromatic heterocycles. The second-order valence-electron chi connectivity index (χ2n) is 7.91. The Bertz CT molecular complexity index is 732. The van der Waals surface area contributed by atoms with E-state index < -0.39 is 0 Å². The molecule has 0 amide bonds. The number of ketones is 1. The lowest BCUT2D eigenvalue weighted by Gasteiger charge is -2.32. The largest absolute Gasteiger partial charge is 0.305 e. The van der Waals surface area contributed by atoms with Gasteiger partial charge in [0.1, 0.15) is 0 Å². The van der Waals surface area contributed by atoms with E-state index >= 15 is 0 Å². The lowest BCUT2D eigenvalue weighted by molar-refractivity contribution is 0.0939. The summed E-state index contributed by atoms with van der Waals surface area (Å²) in [5, 5.41) is 4.16. The first kappa shape index (κ1) is 23.0. The van der Waals surface area contributed by atoms with Crippen LogP contribution in [0, 0.1) is 0 Å². The van der Waals surface area contributed by atoms with E-state index in [0.717, 1.165) is 18.4 Å². The van der Waals surface area contributed by atoms with Crippen molar-refractivity contribution in [1.29, 1.82) is 0 Å². The molecular formula is C24H32ClNOS. The Kier molecular flexibility index (Phi) is 9.07. The summed E-state index contributed by atoms with van der Waals surface area (Å²) in [7, 11) is 0. The van der Waals surface area contributed by atoms with E-state index in [1.54, 1.807) is 0 Å². The van der Waals surface area contributed by atoms with Crippen LogP contribution in [0.3, 0.4) is 0 Å². The maximum Gasteiger partial charge on any atom is 0.179 e. The van der Waals surface area contributed by atoms with Gasteiger partial charge in [-0.2, -0.15) is 0 Å². The number of Topliss-reactive ketones (excluding diaryl/α,β-unsaturated/α-hetero) is 1. The SMILES string of the molecule is CC(C)Sc1ccc(C(=O)C(C)NC2CCCC(c3ccccc3)C2)cc1.Cl. The summed E-state index contributed by atoms with van der Waals surface area (Å²) in [6.45, 7) is 6.37. The van der Waals surface area contributed by atoms with Gasteiger partial charge in [-0.1, -0.05) is 62.7 Å². The first-order chi connectivity index (χ1) is 13.0. The fourth-order valence-corrected chi connectivity index (χ4v) is 4.86. The zero-order valence-corrected chi connectivity index (χ0v) is 18.7. The molecule has 3 atom stereocenters. The van der Waals surface area contributed by atoms with Gasteiger partial charge in [0.25, 0.3) is 0 Å². The van der Waals surface area contributed by atoms with Crippen molar-refractivity contribution in [2.75, 3.05) is 0 Å². The highest BCUT2D eigenvalue weighted by atomic mass is 35.5. The molecule has 3 rings (SSSR count). The minimum absolute atomic E-state index is 0. The van der Waals surface area contributed by atoms with Gasteiger partial charge in [-0.05, 0) is 49.8 Å². The molecule has 2 aromatic carbocycles. The van der Waals surface area contributed by atoms with E-state index in [9.17, 15) is 4.79 Å². The average molecular weight is 418 g/mol. The second kappa shape index (κ2) is 11.0. The van der Waals surface area contributed by atoms with Crippen molar-refractivity contribution in [2.24, 2.45) is 0 Å². The van der Waals surface area contributed by atoms with Gasteiger partial charge >= 0.3 is 0 Å². The highest BCUT2D eigenvalue weighted by Gasteiger charge is 2.26. The highest BCUT2D eigenvalue weighted by Crippen LogP contribution is 2.33. The van der Waals surface area contributed by atoms with Crippen LogP contribution in [-0.4, -0.2) is 23.1 Å². The van der Waals surface area contributed by atoms with Crippen LogP contribution in [-0.2, 0) is 0 Å². The van der Waals surface area contributed by atoms with Crippen molar-refractivity contribution in [1.82, 2.24) is 5.32 Å². The molecule has 1 aliphatic carbocycles. The molecule has 2 aromatic rings. The first-order valence-electron chi connectivity index (χ1n) is 10.1.